The third-order valence-corrected chi connectivity index (χ3v) is 3.44. The van der Waals surface area contributed by atoms with Crippen LogP contribution in [0.5, 0.6) is 0 Å². The Labute approximate surface area is 131 Å². The average Bonchev–Trinajstić information content (AvgIpc) is 2.56. The number of ether oxygens (including phenoxy) is 1. The van der Waals surface area contributed by atoms with Crippen molar-refractivity contribution in [3.63, 3.8) is 0 Å². The van der Waals surface area contributed by atoms with Gasteiger partial charge in [-0.1, -0.05) is 35.5 Å². The lowest BCUT2D eigenvalue weighted by atomic mass is 10.1. The Hall–Kier alpha value is -1.92. The van der Waals surface area contributed by atoms with Crippen molar-refractivity contribution in [1.29, 1.82) is 0 Å². The highest BCUT2D eigenvalue weighted by Gasteiger charge is 2.10. The number of amides is 1. The summed E-state index contributed by atoms with van der Waals surface area (Å²) in [5.74, 6) is -0.155. The van der Waals surface area contributed by atoms with Crippen LogP contribution in [0.25, 0.3) is 0 Å². The molecule has 0 spiro atoms. The third-order valence-electron chi connectivity index (χ3n) is 3.44. The molecule has 6 heteroatoms. The number of rotatable bonds is 7. The molecule has 1 aliphatic heterocycles. The molecule has 1 fully saturated rings. The van der Waals surface area contributed by atoms with Crippen molar-refractivity contribution in [2.75, 3.05) is 46.0 Å². The largest absolute Gasteiger partial charge is 0.385 e. The SMILES string of the molecule is C/C(=N/OCC(=O)NCCN1CCOCC1)c1ccccc1. The van der Waals surface area contributed by atoms with Gasteiger partial charge in [0.05, 0.1) is 18.9 Å². The van der Waals surface area contributed by atoms with E-state index in [2.05, 4.69) is 15.4 Å². The van der Waals surface area contributed by atoms with Gasteiger partial charge in [-0.2, -0.15) is 0 Å². The molecule has 0 aromatic heterocycles. The van der Waals surface area contributed by atoms with Gasteiger partial charge < -0.3 is 14.9 Å². The van der Waals surface area contributed by atoms with Crippen molar-refractivity contribution in [3.8, 4) is 0 Å². The molecule has 1 heterocycles. The molecule has 1 aromatic carbocycles. The molecule has 0 atom stereocenters. The maximum absolute atomic E-state index is 11.7. The Kier molecular flexibility index (Phi) is 6.86. The fourth-order valence-electron chi connectivity index (χ4n) is 2.15. The fourth-order valence-corrected chi connectivity index (χ4v) is 2.15. The van der Waals surface area contributed by atoms with E-state index in [4.69, 9.17) is 9.57 Å². The monoisotopic (exact) mass is 305 g/mol. The van der Waals surface area contributed by atoms with Crippen molar-refractivity contribution in [2.45, 2.75) is 6.92 Å². The smallest absolute Gasteiger partial charge is 0.260 e. The number of carbonyl (C=O) groups excluding carboxylic acids is 1. The normalized spacial score (nSPS) is 16.3. The zero-order chi connectivity index (χ0) is 15.6. The molecule has 6 nitrogen and oxygen atoms in total. The van der Waals surface area contributed by atoms with Gasteiger partial charge in [0.25, 0.3) is 5.91 Å². The number of hydrogen-bond donors (Lipinski definition) is 1. The van der Waals surface area contributed by atoms with Crippen LogP contribution in [0.2, 0.25) is 0 Å². The van der Waals surface area contributed by atoms with Gasteiger partial charge in [0.1, 0.15) is 0 Å². The summed E-state index contributed by atoms with van der Waals surface area (Å²) >= 11 is 0. The average molecular weight is 305 g/mol. The van der Waals surface area contributed by atoms with Gasteiger partial charge in [-0.3, -0.25) is 9.69 Å². The first-order chi connectivity index (χ1) is 10.8. The van der Waals surface area contributed by atoms with Crippen LogP contribution in [0.3, 0.4) is 0 Å². The van der Waals surface area contributed by atoms with E-state index >= 15 is 0 Å². The number of oxime groups is 1. The summed E-state index contributed by atoms with van der Waals surface area (Å²) in [6.45, 7) is 6.62. The van der Waals surface area contributed by atoms with Crippen LogP contribution >= 0.6 is 0 Å². The summed E-state index contributed by atoms with van der Waals surface area (Å²) in [6, 6.07) is 9.72. The predicted octanol–water partition coefficient (Wildman–Crippen LogP) is 0.876. The summed E-state index contributed by atoms with van der Waals surface area (Å²) in [6.07, 6.45) is 0. The van der Waals surface area contributed by atoms with Crippen LogP contribution in [0, 0.1) is 0 Å². The van der Waals surface area contributed by atoms with Gasteiger partial charge in [0, 0.05) is 26.2 Å². The minimum absolute atomic E-state index is 0.0622. The topological polar surface area (TPSA) is 63.2 Å². The van der Waals surface area contributed by atoms with Crippen LogP contribution in [0.1, 0.15) is 12.5 Å². The Morgan fingerprint density at radius 2 is 2.05 bits per heavy atom. The number of morpholine rings is 1. The van der Waals surface area contributed by atoms with Crippen molar-refractivity contribution < 1.29 is 14.4 Å². The van der Waals surface area contributed by atoms with E-state index in [1.807, 2.05) is 37.3 Å². The van der Waals surface area contributed by atoms with Crippen molar-refractivity contribution in [3.05, 3.63) is 35.9 Å². The minimum atomic E-state index is -0.155. The number of nitrogens with one attached hydrogen (secondary N) is 1. The van der Waals surface area contributed by atoms with Crippen LogP contribution in [0.15, 0.2) is 35.5 Å². The van der Waals surface area contributed by atoms with Gasteiger partial charge in [-0.25, -0.2) is 0 Å². The molecule has 0 unspecified atom stereocenters. The molecule has 0 aliphatic carbocycles. The molecule has 1 saturated heterocycles. The number of benzene rings is 1. The van der Waals surface area contributed by atoms with Crippen molar-refractivity contribution in [2.24, 2.45) is 5.16 Å². The second kappa shape index (κ2) is 9.17. The Bertz CT molecular complexity index is 485. The van der Waals surface area contributed by atoms with E-state index in [9.17, 15) is 4.79 Å². The maximum Gasteiger partial charge on any atom is 0.260 e. The van der Waals surface area contributed by atoms with Crippen LogP contribution in [0.4, 0.5) is 0 Å². The molecular weight excluding hydrogens is 282 g/mol. The molecule has 1 aliphatic rings. The second-order valence-electron chi connectivity index (χ2n) is 5.12. The summed E-state index contributed by atoms with van der Waals surface area (Å²) < 4.78 is 5.28. The first-order valence-corrected chi connectivity index (χ1v) is 7.54. The standard InChI is InChI=1S/C16H23N3O3/c1-14(15-5-3-2-4-6-15)18-22-13-16(20)17-7-8-19-9-11-21-12-10-19/h2-6H,7-13H2,1H3,(H,17,20)/b18-14-. The Balaban J connectivity index is 1.61. The number of hydrogen-bond acceptors (Lipinski definition) is 5. The van der Waals surface area contributed by atoms with Gasteiger partial charge in [0.2, 0.25) is 0 Å². The molecule has 2 rings (SSSR count). The second-order valence-corrected chi connectivity index (χ2v) is 5.12. The summed E-state index contributed by atoms with van der Waals surface area (Å²) in [5.41, 5.74) is 1.73. The fraction of sp³-hybridized carbons (Fsp3) is 0.500. The lowest BCUT2D eigenvalue weighted by Crippen LogP contribution is -2.41. The highest BCUT2D eigenvalue weighted by Crippen LogP contribution is 2.01. The van der Waals surface area contributed by atoms with E-state index in [0.717, 1.165) is 44.1 Å². The summed E-state index contributed by atoms with van der Waals surface area (Å²) in [7, 11) is 0. The van der Waals surface area contributed by atoms with Crippen LogP contribution in [-0.4, -0.2) is 62.5 Å². The first-order valence-electron chi connectivity index (χ1n) is 7.54. The molecule has 0 bridgehead atoms. The van der Waals surface area contributed by atoms with Gasteiger partial charge in [0.15, 0.2) is 6.61 Å². The van der Waals surface area contributed by atoms with Crippen molar-refractivity contribution >= 4 is 11.6 Å². The Morgan fingerprint density at radius 3 is 2.77 bits per heavy atom. The van der Waals surface area contributed by atoms with Crippen molar-refractivity contribution in [1.82, 2.24) is 10.2 Å². The van der Waals surface area contributed by atoms with Gasteiger partial charge >= 0.3 is 0 Å². The molecule has 22 heavy (non-hydrogen) atoms. The number of carbonyl (C=O) groups is 1. The Morgan fingerprint density at radius 1 is 1.32 bits per heavy atom. The quantitative estimate of drug-likeness (QED) is 0.600. The van der Waals surface area contributed by atoms with Crippen LogP contribution in [-0.2, 0) is 14.4 Å². The lowest BCUT2D eigenvalue weighted by Gasteiger charge is -2.26. The molecule has 1 N–H and O–H groups in total. The molecule has 0 radical (unpaired) electrons. The molecule has 0 saturated carbocycles. The van der Waals surface area contributed by atoms with E-state index in [1.165, 1.54) is 0 Å². The summed E-state index contributed by atoms with van der Waals surface area (Å²) in [5, 5.41) is 6.79. The minimum Gasteiger partial charge on any atom is -0.385 e. The first kappa shape index (κ1) is 16.5. The zero-order valence-electron chi connectivity index (χ0n) is 13.0. The highest BCUT2D eigenvalue weighted by atomic mass is 16.6. The maximum atomic E-state index is 11.7. The summed E-state index contributed by atoms with van der Waals surface area (Å²) in [4.78, 5) is 19.0. The predicted molar refractivity (Wildman–Crippen MR) is 84.9 cm³/mol. The molecule has 1 amide bonds. The van der Waals surface area contributed by atoms with Gasteiger partial charge in [-0.15, -0.1) is 0 Å². The van der Waals surface area contributed by atoms with E-state index in [1.54, 1.807) is 0 Å². The van der Waals surface area contributed by atoms with Gasteiger partial charge in [-0.05, 0) is 12.5 Å². The molecule has 1 aromatic rings. The molecular formula is C16H23N3O3. The van der Waals surface area contributed by atoms with Crippen LogP contribution < -0.4 is 5.32 Å². The van der Waals surface area contributed by atoms with E-state index in [-0.39, 0.29) is 12.5 Å². The lowest BCUT2D eigenvalue weighted by molar-refractivity contribution is -0.125. The number of nitrogens with zero attached hydrogens (tertiary/aromatic N) is 2. The zero-order valence-corrected chi connectivity index (χ0v) is 13.0. The van der Waals surface area contributed by atoms with E-state index in [0.29, 0.717) is 6.54 Å². The molecule has 120 valence electrons. The van der Waals surface area contributed by atoms with E-state index < -0.39 is 0 Å². The highest BCUT2D eigenvalue weighted by molar-refractivity contribution is 5.98. The third kappa shape index (κ3) is 5.83.